The molecule has 0 aliphatic rings. The standard InChI is InChI=1S/C38H74N2/c1-5-8-11-13-15-17-18-19-20-21-22-24-26-28-30-33-37(32-29-27-25-23-16-14-12-9-6-2)38-39-34-35-40(38)36(4)31-10-7-3/h34-37H,5-33H2,1-4H3. The van der Waals surface area contributed by atoms with Gasteiger partial charge in [-0.05, 0) is 26.2 Å². The third-order valence-corrected chi connectivity index (χ3v) is 9.33. The van der Waals surface area contributed by atoms with Crippen LogP contribution in [0.5, 0.6) is 0 Å². The van der Waals surface area contributed by atoms with E-state index in [1.807, 2.05) is 0 Å². The van der Waals surface area contributed by atoms with E-state index in [2.05, 4.69) is 44.7 Å². The van der Waals surface area contributed by atoms with Crippen LogP contribution in [0.1, 0.15) is 232 Å². The number of aromatic nitrogens is 2. The lowest BCUT2D eigenvalue weighted by atomic mass is 9.92. The van der Waals surface area contributed by atoms with E-state index in [4.69, 9.17) is 4.98 Å². The van der Waals surface area contributed by atoms with Gasteiger partial charge in [0.1, 0.15) is 5.82 Å². The van der Waals surface area contributed by atoms with Gasteiger partial charge in [0, 0.05) is 24.4 Å². The molecule has 0 saturated carbocycles. The maximum atomic E-state index is 4.95. The lowest BCUT2D eigenvalue weighted by Crippen LogP contribution is -2.13. The third kappa shape index (κ3) is 20.1. The fourth-order valence-electron chi connectivity index (χ4n) is 6.52. The molecule has 0 aliphatic carbocycles. The third-order valence-electron chi connectivity index (χ3n) is 9.33. The Balaban J connectivity index is 2.28. The summed E-state index contributed by atoms with van der Waals surface area (Å²) in [6.07, 6.45) is 45.4. The van der Waals surface area contributed by atoms with Gasteiger partial charge in [0.25, 0.3) is 0 Å². The van der Waals surface area contributed by atoms with Gasteiger partial charge in [-0.2, -0.15) is 0 Å². The molecule has 2 atom stereocenters. The fourth-order valence-corrected chi connectivity index (χ4v) is 6.52. The van der Waals surface area contributed by atoms with E-state index in [0.29, 0.717) is 12.0 Å². The van der Waals surface area contributed by atoms with Crippen molar-refractivity contribution in [3.05, 3.63) is 18.2 Å². The zero-order valence-electron chi connectivity index (χ0n) is 28.2. The Morgan fingerprint density at radius 1 is 0.475 bits per heavy atom. The summed E-state index contributed by atoms with van der Waals surface area (Å²) >= 11 is 0. The molecule has 2 nitrogen and oxygen atoms in total. The summed E-state index contributed by atoms with van der Waals surface area (Å²) in [5.41, 5.74) is 0. The van der Waals surface area contributed by atoms with E-state index in [1.54, 1.807) is 0 Å². The molecule has 2 heteroatoms. The Kier molecular flexibility index (Phi) is 26.4. The summed E-state index contributed by atoms with van der Waals surface area (Å²) in [6, 6.07) is 0.587. The Morgan fingerprint density at radius 3 is 1.20 bits per heavy atom. The molecule has 0 fully saturated rings. The van der Waals surface area contributed by atoms with Crippen LogP contribution >= 0.6 is 0 Å². The summed E-state index contributed by atoms with van der Waals surface area (Å²) in [6.45, 7) is 9.34. The highest BCUT2D eigenvalue weighted by molar-refractivity contribution is 5.02. The van der Waals surface area contributed by atoms with Crippen LogP contribution in [0.15, 0.2) is 12.4 Å². The smallest absolute Gasteiger partial charge is 0.111 e. The van der Waals surface area contributed by atoms with E-state index in [1.165, 1.54) is 192 Å². The van der Waals surface area contributed by atoms with Gasteiger partial charge in [-0.1, -0.05) is 188 Å². The van der Waals surface area contributed by atoms with Gasteiger partial charge in [0.15, 0.2) is 0 Å². The minimum absolute atomic E-state index is 0.587. The minimum Gasteiger partial charge on any atom is -0.332 e. The van der Waals surface area contributed by atoms with Crippen molar-refractivity contribution in [3.63, 3.8) is 0 Å². The lowest BCUT2D eigenvalue weighted by molar-refractivity contribution is 0.417. The highest BCUT2D eigenvalue weighted by atomic mass is 15.1. The van der Waals surface area contributed by atoms with Crippen LogP contribution in [-0.4, -0.2) is 9.55 Å². The van der Waals surface area contributed by atoms with E-state index in [0.717, 1.165) is 0 Å². The van der Waals surface area contributed by atoms with Crippen LogP contribution in [0.4, 0.5) is 0 Å². The largest absolute Gasteiger partial charge is 0.332 e. The maximum Gasteiger partial charge on any atom is 0.111 e. The molecule has 0 N–H and O–H groups in total. The Morgan fingerprint density at radius 2 is 0.825 bits per heavy atom. The minimum atomic E-state index is 0.587. The highest BCUT2D eigenvalue weighted by Gasteiger charge is 2.19. The predicted molar refractivity (Wildman–Crippen MR) is 181 cm³/mol. The van der Waals surface area contributed by atoms with E-state index >= 15 is 0 Å². The van der Waals surface area contributed by atoms with Gasteiger partial charge in [0.2, 0.25) is 0 Å². The summed E-state index contributed by atoms with van der Waals surface area (Å²) in [4.78, 5) is 4.95. The van der Waals surface area contributed by atoms with E-state index in [9.17, 15) is 0 Å². The van der Waals surface area contributed by atoms with Crippen molar-refractivity contribution in [3.8, 4) is 0 Å². The van der Waals surface area contributed by atoms with Crippen molar-refractivity contribution in [1.29, 1.82) is 0 Å². The molecular weight excluding hydrogens is 484 g/mol. The average Bonchev–Trinajstić information content (AvgIpc) is 3.46. The molecular formula is C38H74N2. The molecule has 1 aromatic rings. The molecule has 2 unspecified atom stereocenters. The van der Waals surface area contributed by atoms with Gasteiger partial charge in [-0.25, -0.2) is 4.98 Å². The van der Waals surface area contributed by atoms with E-state index in [-0.39, 0.29) is 0 Å². The second-order valence-corrected chi connectivity index (χ2v) is 13.2. The molecule has 0 aliphatic heterocycles. The number of rotatable bonds is 31. The van der Waals surface area contributed by atoms with E-state index < -0.39 is 0 Å². The van der Waals surface area contributed by atoms with Gasteiger partial charge in [0.05, 0.1) is 0 Å². The normalized spacial score (nSPS) is 13.2. The number of unbranched alkanes of at least 4 members (excludes halogenated alkanes) is 23. The summed E-state index contributed by atoms with van der Waals surface area (Å²) in [5, 5.41) is 0. The lowest BCUT2D eigenvalue weighted by Gasteiger charge is -2.22. The van der Waals surface area contributed by atoms with Crippen molar-refractivity contribution in [1.82, 2.24) is 9.55 Å². The monoisotopic (exact) mass is 559 g/mol. The Hall–Kier alpha value is -0.790. The number of nitrogens with zero attached hydrogens (tertiary/aromatic N) is 2. The van der Waals surface area contributed by atoms with Crippen molar-refractivity contribution < 1.29 is 0 Å². The molecule has 0 aromatic carbocycles. The molecule has 1 aromatic heterocycles. The second kappa shape index (κ2) is 28.3. The SMILES string of the molecule is CCCCCCCCCCCCCCCCCC(CCCCCCCCCCC)c1nccn1C(C)CCCC. The highest BCUT2D eigenvalue weighted by Crippen LogP contribution is 2.30. The molecule has 1 rings (SSSR count). The molecule has 0 bridgehead atoms. The summed E-state index contributed by atoms with van der Waals surface area (Å²) < 4.78 is 2.54. The average molecular weight is 559 g/mol. The zero-order chi connectivity index (χ0) is 28.9. The fraction of sp³-hybridized carbons (Fsp3) is 0.921. The van der Waals surface area contributed by atoms with Crippen LogP contribution in [0.3, 0.4) is 0 Å². The molecule has 0 amide bonds. The van der Waals surface area contributed by atoms with Gasteiger partial charge >= 0.3 is 0 Å². The van der Waals surface area contributed by atoms with Gasteiger partial charge < -0.3 is 4.57 Å². The first-order valence-corrected chi connectivity index (χ1v) is 18.8. The molecule has 1 heterocycles. The molecule has 40 heavy (non-hydrogen) atoms. The molecule has 0 radical (unpaired) electrons. The van der Waals surface area contributed by atoms with Crippen molar-refractivity contribution in [2.24, 2.45) is 0 Å². The van der Waals surface area contributed by atoms with Gasteiger partial charge in [-0.3, -0.25) is 0 Å². The van der Waals surface area contributed by atoms with Crippen LogP contribution in [0, 0.1) is 0 Å². The topological polar surface area (TPSA) is 17.8 Å². The first-order valence-electron chi connectivity index (χ1n) is 18.8. The Bertz CT molecular complexity index is 621. The van der Waals surface area contributed by atoms with Crippen LogP contribution in [-0.2, 0) is 0 Å². The molecule has 0 saturated heterocycles. The zero-order valence-corrected chi connectivity index (χ0v) is 28.2. The van der Waals surface area contributed by atoms with Crippen LogP contribution < -0.4 is 0 Å². The number of hydrogen-bond donors (Lipinski definition) is 0. The predicted octanol–water partition coefficient (Wildman–Crippen LogP) is 13.9. The van der Waals surface area contributed by atoms with Crippen molar-refractivity contribution in [2.45, 2.75) is 226 Å². The quantitative estimate of drug-likeness (QED) is 0.0828. The van der Waals surface area contributed by atoms with Crippen molar-refractivity contribution >= 4 is 0 Å². The Labute approximate surface area is 253 Å². The second-order valence-electron chi connectivity index (χ2n) is 13.2. The summed E-state index contributed by atoms with van der Waals surface area (Å²) in [5.74, 6) is 2.05. The first-order chi connectivity index (χ1) is 19.7. The van der Waals surface area contributed by atoms with Crippen LogP contribution in [0.2, 0.25) is 0 Å². The molecule has 0 spiro atoms. The summed E-state index contributed by atoms with van der Waals surface area (Å²) in [7, 11) is 0. The first kappa shape index (κ1) is 37.2. The maximum absolute atomic E-state index is 4.95. The molecule has 236 valence electrons. The number of imidazole rings is 1. The van der Waals surface area contributed by atoms with Crippen LogP contribution in [0.25, 0.3) is 0 Å². The van der Waals surface area contributed by atoms with Crippen molar-refractivity contribution in [2.75, 3.05) is 0 Å². The number of hydrogen-bond acceptors (Lipinski definition) is 1. The van der Waals surface area contributed by atoms with Gasteiger partial charge in [-0.15, -0.1) is 0 Å².